The quantitative estimate of drug-likeness (QED) is 0.404. The van der Waals surface area contributed by atoms with Gasteiger partial charge in [0.1, 0.15) is 5.75 Å². The molecule has 150 valence electrons. The number of rotatable bonds is 9. The van der Waals surface area contributed by atoms with Crippen molar-refractivity contribution in [1.82, 2.24) is 9.88 Å². The number of likely N-dealkylation sites (N-methyl/N-ethyl adjacent to an activating group) is 1. The molecule has 0 radical (unpaired) electrons. The van der Waals surface area contributed by atoms with Gasteiger partial charge in [0.15, 0.2) is 5.13 Å². The largest absolute Gasteiger partial charge is 0.494 e. The highest BCUT2D eigenvalue weighted by atomic mass is 79.9. The third kappa shape index (κ3) is 4.92. The lowest BCUT2D eigenvalue weighted by atomic mass is 10.3. The van der Waals surface area contributed by atoms with Gasteiger partial charge in [-0.2, -0.15) is 0 Å². The highest BCUT2D eigenvalue weighted by Crippen LogP contribution is 2.33. The number of thiophene rings is 1. The number of ether oxygens (including phenoxy) is 1. The molecule has 28 heavy (non-hydrogen) atoms. The highest BCUT2D eigenvalue weighted by molar-refractivity contribution is 9.11. The van der Waals surface area contributed by atoms with Gasteiger partial charge in [-0.1, -0.05) is 25.2 Å². The fourth-order valence-electron chi connectivity index (χ4n) is 2.89. The zero-order chi connectivity index (χ0) is 20.1. The third-order valence-electron chi connectivity index (χ3n) is 4.45. The highest BCUT2D eigenvalue weighted by Gasteiger charge is 2.23. The molecule has 2 heterocycles. The molecule has 2 aromatic heterocycles. The zero-order valence-corrected chi connectivity index (χ0v) is 19.5. The van der Waals surface area contributed by atoms with E-state index in [1.165, 1.54) is 22.7 Å². The summed E-state index contributed by atoms with van der Waals surface area (Å²) in [5.74, 6) is 0.820. The van der Waals surface area contributed by atoms with Crippen molar-refractivity contribution in [2.24, 2.45) is 0 Å². The summed E-state index contributed by atoms with van der Waals surface area (Å²) in [6, 6.07) is 9.65. The summed E-state index contributed by atoms with van der Waals surface area (Å²) >= 11 is 6.43. The Morgan fingerprint density at radius 2 is 1.89 bits per heavy atom. The van der Waals surface area contributed by atoms with E-state index < -0.39 is 0 Å². The molecule has 0 unspecified atom stereocenters. The Kier molecular flexibility index (Phi) is 7.45. The molecular weight excluding hydrogens is 458 g/mol. The number of hydrogen-bond donors (Lipinski definition) is 0. The summed E-state index contributed by atoms with van der Waals surface area (Å²) in [7, 11) is 0. The molecular formula is C20H24BrN3O2S2. The number of carbonyl (C=O) groups excluding carboxylic acids is 1. The number of carbonyl (C=O) groups is 1. The molecule has 0 saturated carbocycles. The number of benzene rings is 1. The van der Waals surface area contributed by atoms with Crippen LogP contribution in [0.15, 0.2) is 34.1 Å². The van der Waals surface area contributed by atoms with E-state index in [0.717, 1.165) is 44.5 Å². The van der Waals surface area contributed by atoms with Gasteiger partial charge in [0.2, 0.25) is 0 Å². The van der Waals surface area contributed by atoms with Gasteiger partial charge in [0.25, 0.3) is 5.91 Å². The van der Waals surface area contributed by atoms with E-state index in [2.05, 4.69) is 34.7 Å². The molecule has 0 aliphatic heterocycles. The SMILES string of the molecule is CCOc1ccc2nc(N(CCN(CC)CC)C(=O)c3ccc(Br)s3)sc2c1. The average molecular weight is 482 g/mol. The van der Waals surface area contributed by atoms with Crippen molar-refractivity contribution in [1.29, 1.82) is 0 Å². The van der Waals surface area contributed by atoms with E-state index in [1.54, 1.807) is 0 Å². The molecule has 0 spiro atoms. The molecule has 0 bridgehead atoms. The zero-order valence-electron chi connectivity index (χ0n) is 16.3. The molecule has 5 nitrogen and oxygen atoms in total. The molecule has 1 amide bonds. The third-order valence-corrected chi connectivity index (χ3v) is 7.11. The van der Waals surface area contributed by atoms with E-state index in [-0.39, 0.29) is 5.91 Å². The number of hydrogen-bond acceptors (Lipinski definition) is 6. The van der Waals surface area contributed by atoms with Gasteiger partial charge in [0, 0.05) is 13.1 Å². The summed E-state index contributed by atoms with van der Waals surface area (Å²) in [4.78, 5) is 22.8. The maximum Gasteiger partial charge on any atom is 0.270 e. The first-order valence-electron chi connectivity index (χ1n) is 9.38. The van der Waals surface area contributed by atoms with E-state index in [9.17, 15) is 4.79 Å². The Bertz CT molecular complexity index is 937. The van der Waals surface area contributed by atoms with Crippen LogP contribution in [-0.2, 0) is 0 Å². The lowest BCUT2D eigenvalue weighted by molar-refractivity contribution is 0.0987. The van der Waals surface area contributed by atoms with Gasteiger partial charge in [-0.05, 0) is 66.3 Å². The van der Waals surface area contributed by atoms with Crippen LogP contribution < -0.4 is 9.64 Å². The van der Waals surface area contributed by atoms with Gasteiger partial charge in [-0.3, -0.25) is 9.69 Å². The second-order valence-electron chi connectivity index (χ2n) is 6.15. The first-order chi connectivity index (χ1) is 13.5. The van der Waals surface area contributed by atoms with Crippen molar-refractivity contribution in [2.75, 3.05) is 37.7 Å². The molecule has 8 heteroatoms. The van der Waals surface area contributed by atoms with E-state index in [0.29, 0.717) is 18.0 Å². The summed E-state index contributed by atoms with van der Waals surface area (Å²) in [6.07, 6.45) is 0. The maximum absolute atomic E-state index is 13.2. The number of fused-ring (bicyclic) bond motifs is 1. The molecule has 0 saturated heterocycles. The molecule has 3 rings (SSSR count). The van der Waals surface area contributed by atoms with E-state index >= 15 is 0 Å². The first kappa shape index (κ1) is 21.2. The van der Waals surface area contributed by atoms with Crippen LogP contribution in [0.4, 0.5) is 5.13 Å². The van der Waals surface area contributed by atoms with Crippen LogP contribution in [0.1, 0.15) is 30.4 Å². The Hall–Kier alpha value is -1.48. The van der Waals surface area contributed by atoms with E-state index in [1.807, 2.05) is 42.2 Å². The van der Waals surface area contributed by atoms with Crippen LogP contribution >= 0.6 is 38.6 Å². The van der Waals surface area contributed by atoms with Crippen LogP contribution in [0.25, 0.3) is 10.2 Å². The topological polar surface area (TPSA) is 45.7 Å². The van der Waals surface area contributed by atoms with E-state index in [4.69, 9.17) is 9.72 Å². The first-order valence-corrected chi connectivity index (χ1v) is 11.8. The Labute approximate surface area is 182 Å². The number of anilines is 1. The van der Waals surface area contributed by atoms with Crippen molar-refractivity contribution in [2.45, 2.75) is 20.8 Å². The normalized spacial score (nSPS) is 11.3. The second-order valence-corrected chi connectivity index (χ2v) is 9.62. The lowest BCUT2D eigenvalue weighted by Gasteiger charge is -2.24. The van der Waals surface area contributed by atoms with Crippen molar-refractivity contribution in [3.63, 3.8) is 0 Å². The Morgan fingerprint density at radius 3 is 2.54 bits per heavy atom. The lowest BCUT2D eigenvalue weighted by Crippen LogP contribution is -2.38. The molecule has 0 N–H and O–H groups in total. The van der Waals surface area contributed by atoms with Gasteiger partial charge >= 0.3 is 0 Å². The van der Waals surface area contributed by atoms with Crippen LogP contribution in [0.2, 0.25) is 0 Å². The number of halogens is 1. The summed E-state index contributed by atoms with van der Waals surface area (Å²) in [5, 5.41) is 0.727. The molecule has 0 fully saturated rings. The fourth-order valence-corrected chi connectivity index (χ4v) is 5.25. The second kappa shape index (κ2) is 9.82. The number of thiazole rings is 1. The monoisotopic (exact) mass is 481 g/mol. The van der Waals surface area contributed by atoms with Crippen molar-refractivity contribution >= 4 is 59.9 Å². The minimum absolute atomic E-state index is 0.00746. The van der Waals surface area contributed by atoms with Crippen molar-refractivity contribution in [3.05, 3.63) is 39.0 Å². The van der Waals surface area contributed by atoms with Gasteiger partial charge < -0.3 is 9.64 Å². The number of aromatic nitrogens is 1. The Morgan fingerprint density at radius 1 is 1.11 bits per heavy atom. The van der Waals surface area contributed by atoms with Crippen LogP contribution in [0, 0.1) is 0 Å². The smallest absolute Gasteiger partial charge is 0.270 e. The van der Waals surface area contributed by atoms with Gasteiger partial charge in [-0.25, -0.2) is 4.98 Å². The minimum Gasteiger partial charge on any atom is -0.494 e. The van der Waals surface area contributed by atoms with Crippen LogP contribution in [0.5, 0.6) is 5.75 Å². The standard InChI is InChI=1S/C20H24BrN3O2S2/c1-4-23(5-2)11-12-24(19(25)16-9-10-18(21)27-16)20-22-15-8-7-14(26-6-3)13-17(15)28-20/h7-10,13H,4-6,11-12H2,1-3H3. The van der Waals surface area contributed by atoms with Crippen LogP contribution in [0.3, 0.4) is 0 Å². The average Bonchev–Trinajstić information content (AvgIpc) is 3.31. The molecule has 0 aliphatic carbocycles. The predicted octanol–water partition coefficient (Wildman–Crippen LogP) is 5.51. The molecule has 3 aromatic rings. The maximum atomic E-state index is 13.2. The summed E-state index contributed by atoms with van der Waals surface area (Å²) in [6.45, 7) is 10.2. The van der Waals surface area contributed by atoms with Gasteiger partial charge in [-0.15, -0.1) is 11.3 Å². The molecule has 0 aliphatic rings. The van der Waals surface area contributed by atoms with Crippen molar-refractivity contribution in [3.8, 4) is 5.75 Å². The predicted molar refractivity (Wildman–Crippen MR) is 122 cm³/mol. The minimum atomic E-state index is -0.00746. The van der Waals surface area contributed by atoms with Crippen molar-refractivity contribution < 1.29 is 9.53 Å². The summed E-state index contributed by atoms with van der Waals surface area (Å²) < 4.78 is 7.57. The molecule has 0 atom stereocenters. The van der Waals surface area contributed by atoms with Crippen LogP contribution in [-0.4, -0.2) is 48.6 Å². The summed E-state index contributed by atoms with van der Waals surface area (Å²) in [5.41, 5.74) is 0.886. The Balaban J connectivity index is 1.92. The number of amides is 1. The molecule has 1 aromatic carbocycles. The van der Waals surface area contributed by atoms with Gasteiger partial charge in [0.05, 0.1) is 25.5 Å². The number of nitrogens with zero attached hydrogens (tertiary/aromatic N) is 3. The fraction of sp³-hybridized carbons (Fsp3) is 0.400.